The van der Waals surface area contributed by atoms with Gasteiger partial charge in [0.25, 0.3) is 0 Å². The largest absolute Gasteiger partial charge is 0.496 e. The van der Waals surface area contributed by atoms with Crippen LogP contribution in [-0.4, -0.2) is 66.4 Å². The molecular weight excluding hydrogens is 502 g/mol. The molecule has 1 unspecified atom stereocenters. The van der Waals surface area contributed by atoms with Crippen LogP contribution >= 0.6 is 0 Å². The predicted octanol–water partition coefficient (Wildman–Crippen LogP) is 5.58. The lowest BCUT2D eigenvalue weighted by Crippen LogP contribution is -2.50. The summed E-state index contributed by atoms with van der Waals surface area (Å²) in [7, 11) is 1.35. The van der Waals surface area contributed by atoms with Gasteiger partial charge in [0.1, 0.15) is 11.6 Å². The number of aliphatic hydroxyl groups is 1. The van der Waals surface area contributed by atoms with Gasteiger partial charge in [-0.2, -0.15) is 13.2 Å². The molecule has 1 fully saturated rings. The zero-order chi connectivity index (χ0) is 27.6. The van der Waals surface area contributed by atoms with E-state index >= 15 is 0 Å². The summed E-state index contributed by atoms with van der Waals surface area (Å²) in [4.78, 5) is 11.0. The number of nitrogens with zero attached hydrogens (tertiary/aromatic N) is 3. The Morgan fingerprint density at radius 1 is 1.11 bits per heavy atom. The minimum absolute atomic E-state index is 0.207. The molecule has 4 rings (SSSR count). The Bertz CT molecular complexity index is 1310. The number of rotatable bonds is 8. The van der Waals surface area contributed by atoms with E-state index in [0.717, 1.165) is 30.9 Å². The average molecular weight is 534 g/mol. The van der Waals surface area contributed by atoms with Crippen molar-refractivity contribution >= 4 is 22.8 Å². The van der Waals surface area contributed by atoms with Gasteiger partial charge in [-0.1, -0.05) is 19.9 Å². The van der Waals surface area contributed by atoms with Crippen LogP contribution in [0.3, 0.4) is 0 Å². The average Bonchev–Trinajstić information content (AvgIpc) is 2.87. The molecule has 0 bridgehead atoms. The van der Waals surface area contributed by atoms with E-state index in [4.69, 9.17) is 9.47 Å². The number of methoxy groups -OCH3 is 1. The van der Waals surface area contributed by atoms with Crippen LogP contribution in [0.25, 0.3) is 10.9 Å². The van der Waals surface area contributed by atoms with E-state index < -0.39 is 29.4 Å². The molecule has 0 radical (unpaired) electrons. The molecule has 38 heavy (non-hydrogen) atoms. The summed E-state index contributed by atoms with van der Waals surface area (Å²) in [6.45, 7) is 6.56. The van der Waals surface area contributed by atoms with E-state index in [1.807, 2.05) is 6.07 Å². The Balaban J connectivity index is 1.64. The van der Waals surface area contributed by atoms with Gasteiger partial charge in [-0.05, 0) is 54.3 Å². The number of hydrogen-bond acceptors (Lipinski definition) is 6. The number of alkyl halides is 3. The van der Waals surface area contributed by atoms with Crippen molar-refractivity contribution in [3.63, 3.8) is 0 Å². The van der Waals surface area contributed by atoms with Crippen molar-refractivity contribution in [2.75, 3.05) is 33.4 Å². The van der Waals surface area contributed by atoms with Crippen LogP contribution < -0.4 is 4.74 Å². The zero-order valence-electron chi connectivity index (χ0n) is 21.6. The first-order valence-electron chi connectivity index (χ1n) is 12.3. The lowest BCUT2D eigenvalue weighted by molar-refractivity contribution is -0.234. The molecule has 1 atom stereocenters. The third kappa shape index (κ3) is 6.14. The Morgan fingerprint density at radius 2 is 1.84 bits per heavy atom. The Morgan fingerprint density at radius 3 is 2.53 bits per heavy atom. The maximum absolute atomic E-state index is 14.2. The normalized spacial score (nSPS) is 17.2. The first-order chi connectivity index (χ1) is 17.9. The summed E-state index contributed by atoms with van der Waals surface area (Å²) >= 11 is 0. The molecule has 0 saturated carbocycles. The minimum Gasteiger partial charge on any atom is -0.496 e. The third-order valence-corrected chi connectivity index (χ3v) is 6.77. The molecule has 0 spiro atoms. The standard InChI is InChI=1S/C28H31F4N3O3/c1-26(2,22-15-19(29)7-10-25(22)37-3)17-27(36,28(30,31)32)18-33-23-5-4-6-24-21(23)9-8-20(34-24)16-35-11-13-38-14-12-35/h4-10,15,18,36H,11-14,16-17H2,1-3H3/b33-18-. The molecular formula is C28H31F4N3O3. The minimum atomic E-state index is -5.04. The highest BCUT2D eigenvalue weighted by molar-refractivity contribution is 5.92. The van der Waals surface area contributed by atoms with Gasteiger partial charge in [0.05, 0.1) is 37.2 Å². The van der Waals surface area contributed by atoms with Crippen LogP contribution in [0.2, 0.25) is 0 Å². The Kier molecular flexibility index (Phi) is 8.06. The van der Waals surface area contributed by atoms with E-state index in [9.17, 15) is 22.7 Å². The van der Waals surface area contributed by atoms with Crippen molar-refractivity contribution in [3.8, 4) is 5.75 Å². The van der Waals surface area contributed by atoms with E-state index in [2.05, 4.69) is 14.9 Å². The number of morpholine rings is 1. The number of fused-ring (bicyclic) bond motifs is 1. The highest BCUT2D eigenvalue weighted by atomic mass is 19.4. The van der Waals surface area contributed by atoms with Crippen molar-refractivity contribution in [2.24, 2.45) is 4.99 Å². The van der Waals surface area contributed by atoms with Crippen LogP contribution in [0.1, 0.15) is 31.5 Å². The van der Waals surface area contributed by atoms with Gasteiger partial charge in [-0.3, -0.25) is 14.9 Å². The number of aromatic nitrogens is 1. The first-order valence-corrected chi connectivity index (χ1v) is 12.3. The number of hydrogen-bond donors (Lipinski definition) is 1. The maximum atomic E-state index is 14.2. The van der Waals surface area contributed by atoms with E-state index in [1.165, 1.54) is 27.0 Å². The monoisotopic (exact) mass is 533 g/mol. The van der Waals surface area contributed by atoms with E-state index in [1.54, 1.807) is 24.3 Å². The van der Waals surface area contributed by atoms with Crippen molar-refractivity contribution in [2.45, 2.75) is 44.0 Å². The lowest BCUT2D eigenvalue weighted by Gasteiger charge is -2.36. The van der Waals surface area contributed by atoms with Gasteiger partial charge in [0, 0.05) is 36.8 Å². The Hall–Kier alpha value is -3.08. The quantitative estimate of drug-likeness (QED) is 0.303. The van der Waals surface area contributed by atoms with E-state index in [-0.39, 0.29) is 17.0 Å². The summed E-state index contributed by atoms with van der Waals surface area (Å²) in [5, 5.41) is 11.5. The second-order valence-corrected chi connectivity index (χ2v) is 10.1. The summed E-state index contributed by atoms with van der Waals surface area (Å²) in [5.74, 6) is -0.389. The van der Waals surface area contributed by atoms with Crippen LogP contribution in [-0.2, 0) is 16.7 Å². The molecule has 1 N–H and O–H groups in total. The lowest BCUT2D eigenvalue weighted by atomic mass is 9.74. The molecule has 204 valence electrons. The number of pyridine rings is 1. The highest BCUT2D eigenvalue weighted by Gasteiger charge is 2.55. The second kappa shape index (κ2) is 11.0. The topological polar surface area (TPSA) is 67.2 Å². The molecule has 0 amide bonds. The number of benzene rings is 2. The smallest absolute Gasteiger partial charge is 0.422 e. The molecule has 6 nitrogen and oxygen atoms in total. The molecule has 3 aromatic rings. The fourth-order valence-electron chi connectivity index (χ4n) is 4.74. The number of aliphatic imine (C=N–C) groups is 1. The van der Waals surface area contributed by atoms with E-state index in [0.29, 0.717) is 36.9 Å². The zero-order valence-corrected chi connectivity index (χ0v) is 21.6. The first kappa shape index (κ1) is 27.9. The summed E-state index contributed by atoms with van der Waals surface area (Å²) in [5.41, 5.74) is -2.74. The van der Waals surface area contributed by atoms with Crippen molar-refractivity contribution < 1.29 is 32.1 Å². The van der Waals surface area contributed by atoms with Crippen molar-refractivity contribution in [1.82, 2.24) is 9.88 Å². The number of halogens is 4. The molecule has 1 aliphatic heterocycles. The summed E-state index contributed by atoms with van der Waals surface area (Å²) in [6, 6.07) is 12.2. The van der Waals surface area contributed by atoms with Crippen LogP contribution in [0.5, 0.6) is 5.75 Å². The fourth-order valence-corrected chi connectivity index (χ4v) is 4.74. The molecule has 10 heteroatoms. The predicted molar refractivity (Wildman–Crippen MR) is 138 cm³/mol. The van der Waals surface area contributed by atoms with Gasteiger partial charge in [-0.25, -0.2) is 4.39 Å². The van der Waals surface area contributed by atoms with Crippen LogP contribution in [0.4, 0.5) is 23.2 Å². The fraction of sp³-hybridized carbons (Fsp3) is 0.429. The van der Waals surface area contributed by atoms with Crippen LogP contribution in [0.15, 0.2) is 53.5 Å². The van der Waals surface area contributed by atoms with Gasteiger partial charge >= 0.3 is 6.18 Å². The Labute approximate surface area is 218 Å². The molecule has 0 aliphatic carbocycles. The maximum Gasteiger partial charge on any atom is 0.422 e. The van der Waals surface area contributed by atoms with Crippen LogP contribution in [0, 0.1) is 5.82 Å². The molecule has 2 aromatic carbocycles. The van der Waals surface area contributed by atoms with Gasteiger partial charge in [0.15, 0.2) is 5.60 Å². The second-order valence-electron chi connectivity index (χ2n) is 10.1. The summed E-state index contributed by atoms with van der Waals surface area (Å²) in [6.07, 6.45) is -5.32. The van der Waals surface area contributed by atoms with Gasteiger partial charge < -0.3 is 14.6 Å². The number of ether oxygens (including phenoxy) is 2. The van der Waals surface area contributed by atoms with Gasteiger partial charge in [0.2, 0.25) is 0 Å². The molecule has 2 heterocycles. The molecule has 1 aromatic heterocycles. The summed E-state index contributed by atoms with van der Waals surface area (Å²) < 4.78 is 67.3. The molecule has 1 saturated heterocycles. The molecule has 1 aliphatic rings. The van der Waals surface area contributed by atoms with Crippen molar-refractivity contribution in [3.05, 3.63) is 65.6 Å². The van der Waals surface area contributed by atoms with Crippen molar-refractivity contribution in [1.29, 1.82) is 0 Å². The SMILES string of the molecule is COc1ccc(F)cc1C(C)(C)CC(O)(/C=N\c1cccc2nc(CN3CCOCC3)ccc12)C(F)(F)F. The third-order valence-electron chi connectivity index (χ3n) is 6.77. The highest BCUT2D eigenvalue weighted by Crippen LogP contribution is 2.43. The van der Waals surface area contributed by atoms with Gasteiger partial charge in [-0.15, -0.1) is 0 Å².